The Morgan fingerprint density at radius 3 is 2.30 bits per heavy atom. The van der Waals surface area contributed by atoms with Crippen LogP contribution in [0, 0.1) is 6.92 Å². The number of anilines is 1. The SMILES string of the molecule is Cc1ccc(S(=O)(=O)N[C@@H](Cc2ccc(NC(=O)CCCNC(=O)OC(C)(C)C)cc2)C(=O)OC(=O)[C@@H]2CCCN2)cc1. The Kier molecular flexibility index (Phi) is 11.8. The minimum atomic E-state index is -4.11. The van der Waals surface area contributed by atoms with Gasteiger partial charge in [-0.2, -0.15) is 4.72 Å². The third-order valence-corrected chi connectivity index (χ3v) is 7.87. The molecule has 43 heavy (non-hydrogen) atoms. The van der Waals surface area contributed by atoms with Gasteiger partial charge in [0.1, 0.15) is 17.7 Å². The van der Waals surface area contributed by atoms with Crippen LogP contribution in [0.25, 0.3) is 0 Å². The fraction of sp³-hybridized carbons (Fsp3) is 0.467. The number of benzene rings is 2. The average Bonchev–Trinajstić information content (AvgIpc) is 3.46. The summed E-state index contributed by atoms with van der Waals surface area (Å²) < 4.78 is 38.8. The van der Waals surface area contributed by atoms with E-state index in [2.05, 4.69) is 20.7 Å². The smallest absolute Gasteiger partial charge is 0.407 e. The molecule has 1 aliphatic heterocycles. The van der Waals surface area contributed by atoms with Crippen LogP contribution in [0.4, 0.5) is 10.5 Å². The van der Waals surface area contributed by atoms with Crippen molar-refractivity contribution in [2.75, 3.05) is 18.4 Å². The van der Waals surface area contributed by atoms with Gasteiger partial charge >= 0.3 is 18.0 Å². The van der Waals surface area contributed by atoms with Crippen LogP contribution in [0.15, 0.2) is 53.4 Å². The van der Waals surface area contributed by atoms with Gasteiger partial charge in [-0.05, 0) is 89.8 Å². The van der Waals surface area contributed by atoms with E-state index in [0.717, 1.165) is 12.0 Å². The lowest BCUT2D eigenvalue weighted by atomic mass is 10.1. The van der Waals surface area contributed by atoms with Crippen molar-refractivity contribution in [2.45, 2.75) is 82.4 Å². The van der Waals surface area contributed by atoms with E-state index in [1.54, 1.807) is 57.2 Å². The summed E-state index contributed by atoms with van der Waals surface area (Å²) in [6.07, 6.45) is 1.22. The molecule has 0 spiro atoms. The van der Waals surface area contributed by atoms with Crippen LogP contribution in [-0.4, -0.2) is 63.1 Å². The zero-order valence-electron chi connectivity index (χ0n) is 24.9. The number of amides is 2. The minimum Gasteiger partial charge on any atom is -0.444 e. The molecule has 2 aromatic rings. The first-order valence-corrected chi connectivity index (χ1v) is 15.6. The Morgan fingerprint density at radius 1 is 1.02 bits per heavy atom. The van der Waals surface area contributed by atoms with Crippen LogP contribution in [-0.2, 0) is 40.3 Å². The van der Waals surface area contributed by atoms with Crippen LogP contribution in [0.2, 0.25) is 0 Å². The standard InChI is InChI=1S/C30H40N4O8S/c1-20-9-15-23(16-10-20)43(39,40)34-25(28(37)41-27(36)24-7-5-17-31-24)19-21-11-13-22(14-12-21)33-26(35)8-6-18-32-29(38)42-30(2,3)4/h9-16,24-25,31,34H,5-8,17-19H2,1-4H3,(H,32,38)(H,33,35)/t24-,25-/m0/s1. The summed E-state index contributed by atoms with van der Waals surface area (Å²) in [6.45, 7) is 8.01. The number of sulfonamides is 1. The number of esters is 2. The molecule has 0 radical (unpaired) electrons. The molecule has 12 nitrogen and oxygen atoms in total. The molecule has 0 bridgehead atoms. The maximum atomic E-state index is 13.1. The van der Waals surface area contributed by atoms with Gasteiger partial charge in [0, 0.05) is 18.7 Å². The molecule has 1 fully saturated rings. The lowest BCUT2D eigenvalue weighted by Gasteiger charge is -2.19. The summed E-state index contributed by atoms with van der Waals surface area (Å²) in [5.41, 5.74) is 1.33. The van der Waals surface area contributed by atoms with Gasteiger partial charge in [0.05, 0.1) is 4.90 Å². The normalized spacial score (nSPS) is 15.8. The van der Waals surface area contributed by atoms with Crippen molar-refractivity contribution in [1.29, 1.82) is 0 Å². The van der Waals surface area contributed by atoms with E-state index in [4.69, 9.17) is 9.47 Å². The van der Waals surface area contributed by atoms with Gasteiger partial charge in [0.2, 0.25) is 15.9 Å². The molecule has 2 atom stereocenters. The lowest BCUT2D eigenvalue weighted by molar-refractivity contribution is -0.162. The number of hydrogen-bond acceptors (Lipinski definition) is 9. The van der Waals surface area contributed by atoms with Crippen molar-refractivity contribution in [3.63, 3.8) is 0 Å². The summed E-state index contributed by atoms with van der Waals surface area (Å²) in [4.78, 5) is 49.5. The Labute approximate surface area is 252 Å². The number of carbonyl (C=O) groups is 4. The number of hydrogen-bond donors (Lipinski definition) is 4. The summed E-state index contributed by atoms with van der Waals surface area (Å²) >= 11 is 0. The highest BCUT2D eigenvalue weighted by molar-refractivity contribution is 7.89. The summed E-state index contributed by atoms with van der Waals surface area (Å²) in [6, 6.07) is 10.7. The maximum Gasteiger partial charge on any atom is 0.407 e. The Balaban J connectivity index is 1.60. The van der Waals surface area contributed by atoms with E-state index in [9.17, 15) is 27.6 Å². The Bertz CT molecular complexity index is 1380. The molecule has 234 valence electrons. The molecular formula is C30H40N4O8S. The number of nitrogens with one attached hydrogen (secondary N) is 4. The van der Waals surface area contributed by atoms with E-state index in [1.807, 2.05) is 6.92 Å². The fourth-order valence-corrected chi connectivity index (χ4v) is 5.39. The molecule has 0 aliphatic carbocycles. The first-order valence-electron chi connectivity index (χ1n) is 14.2. The van der Waals surface area contributed by atoms with E-state index in [-0.39, 0.29) is 30.2 Å². The van der Waals surface area contributed by atoms with Gasteiger partial charge in [0.15, 0.2) is 0 Å². The molecule has 3 rings (SSSR count). The monoisotopic (exact) mass is 616 g/mol. The zero-order chi connectivity index (χ0) is 31.6. The third-order valence-electron chi connectivity index (χ3n) is 6.39. The van der Waals surface area contributed by atoms with Gasteiger partial charge in [-0.25, -0.2) is 22.8 Å². The van der Waals surface area contributed by atoms with Crippen molar-refractivity contribution in [2.24, 2.45) is 0 Å². The van der Waals surface area contributed by atoms with Crippen LogP contribution in [0.1, 0.15) is 57.6 Å². The van der Waals surface area contributed by atoms with Crippen molar-refractivity contribution >= 4 is 39.6 Å². The molecular weight excluding hydrogens is 576 g/mol. The molecule has 0 unspecified atom stereocenters. The number of carbonyl (C=O) groups excluding carboxylic acids is 4. The zero-order valence-corrected chi connectivity index (χ0v) is 25.7. The van der Waals surface area contributed by atoms with Gasteiger partial charge in [0.25, 0.3) is 0 Å². The van der Waals surface area contributed by atoms with Gasteiger partial charge in [-0.1, -0.05) is 29.8 Å². The first-order chi connectivity index (χ1) is 20.2. The number of alkyl carbamates (subject to hydrolysis) is 1. The Morgan fingerprint density at radius 2 is 1.70 bits per heavy atom. The predicted octanol–water partition coefficient (Wildman–Crippen LogP) is 2.95. The third kappa shape index (κ3) is 11.4. The highest BCUT2D eigenvalue weighted by Gasteiger charge is 2.32. The predicted molar refractivity (Wildman–Crippen MR) is 160 cm³/mol. The minimum absolute atomic E-state index is 0.0287. The maximum absolute atomic E-state index is 13.1. The van der Waals surface area contributed by atoms with Crippen LogP contribution in [0.3, 0.4) is 0 Å². The fourth-order valence-electron chi connectivity index (χ4n) is 4.21. The highest BCUT2D eigenvalue weighted by Crippen LogP contribution is 2.16. The molecule has 1 saturated heterocycles. The molecule has 1 aliphatic rings. The van der Waals surface area contributed by atoms with Crippen LogP contribution in [0.5, 0.6) is 0 Å². The molecule has 2 aromatic carbocycles. The quantitative estimate of drug-likeness (QED) is 0.159. The number of rotatable bonds is 12. The van der Waals surface area contributed by atoms with E-state index >= 15 is 0 Å². The number of aryl methyl sites for hydroxylation is 1. The average molecular weight is 617 g/mol. The molecule has 1 heterocycles. The van der Waals surface area contributed by atoms with Gasteiger partial charge in [-0.3, -0.25) is 4.79 Å². The molecule has 0 saturated carbocycles. The molecule has 13 heteroatoms. The van der Waals surface area contributed by atoms with E-state index < -0.39 is 45.7 Å². The second-order valence-electron chi connectivity index (χ2n) is 11.4. The van der Waals surface area contributed by atoms with Crippen molar-refractivity contribution in [3.05, 3.63) is 59.7 Å². The van der Waals surface area contributed by atoms with Crippen molar-refractivity contribution < 1.29 is 37.1 Å². The van der Waals surface area contributed by atoms with Crippen molar-refractivity contribution in [1.82, 2.24) is 15.4 Å². The summed E-state index contributed by atoms with van der Waals surface area (Å²) in [7, 11) is -4.11. The van der Waals surface area contributed by atoms with Gasteiger partial charge in [-0.15, -0.1) is 0 Å². The highest BCUT2D eigenvalue weighted by atomic mass is 32.2. The Hall–Kier alpha value is -3.81. The summed E-state index contributed by atoms with van der Waals surface area (Å²) in [5.74, 6) is -2.02. The van der Waals surface area contributed by atoms with Crippen LogP contribution >= 0.6 is 0 Å². The lowest BCUT2D eigenvalue weighted by Crippen LogP contribution is -2.45. The molecule has 2 amide bonds. The van der Waals surface area contributed by atoms with Crippen LogP contribution < -0.4 is 20.7 Å². The van der Waals surface area contributed by atoms with Crippen molar-refractivity contribution in [3.8, 4) is 0 Å². The largest absolute Gasteiger partial charge is 0.444 e. The van der Waals surface area contributed by atoms with Gasteiger partial charge < -0.3 is 25.4 Å². The molecule has 4 N–H and O–H groups in total. The first kappa shape index (κ1) is 33.7. The number of ether oxygens (including phenoxy) is 2. The second kappa shape index (κ2) is 15.1. The van der Waals surface area contributed by atoms with E-state index in [1.165, 1.54) is 12.1 Å². The molecule has 0 aromatic heterocycles. The topological polar surface area (TPSA) is 169 Å². The summed E-state index contributed by atoms with van der Waals surface area (Å²) in [5, 5.41) is 8.31. The second-order valence-corrected chi connectivity index (χ2v) is 13.1. The van der Waals surface area contributed by atoms with E-state index in [0.29, 0.717) is 30.6 Å².